The van der Waals surface area contributed by atoms with Gasteiger partial charge in [-0.3, -0.25) is 4.40 Å². The number of pyridine rings is 2. The number of aliphatic hydroxyl groups is 1. The summed E-state index contributed by atoms with van der Waals surface area (Å²) in [6, 6.07) is 15.0. The van der Waals surface area contributed by atoms with Crippen LogP contribution >= 0.6 is 0 Å². The molecule has 0 radical (unpaired) electrons. The molecule has 3 heterocycles. The van der Waals surface area contributed by atoms with Gasteiger partial charge in [0.25, 0.3) is 0 Å². The van der Waals surface area contributed by atoms with Crippen LogP contribution in [0.4, 0.5) is 24.7 Å². The lowest BCUT2D eigenvalue weighted by atomic mass is 10.1. The lowest BCUT2D eigenvalue weighted by Crippen LogP contribution is -2.04. The summed E-state index contributed by atoms with van der Waals surface area (Å²) in [6.45, 7) is -0.322. The topological polar surface area (TPSA) is 86.2 Å². The van der Waals surface area contributed by atoms with Crippen LogP contribution in [0.25, 0.3) is 17.0 Å². The molecule has 0 aliphatic carbocycles. The van der Waals surface area contributed by atoms with Gasteiger partial charge in [0, 0.05) is 11.9 Å². The third-order valence-electron chi connectivity index (χ3n) is 4.43. The molecule has 2 N–H and O–H groups in total. The molecule has 0 unspecified atom stereocenters. The molecule has 9 heteroatoms. The molecule has 0 saturated heterocycles. The summed E-state index contributed by atoms with van der Waals surface area (Å²) >= 11 is 0. The van der Waals surface area contributed by atoms with E-state index in [1.807, 2.05) is 12.1 Å². The van der Waals surface area contributed by atoms with Gasteiger partial charge in [0.1, 0.15) is 11.5 Å². The van der Waals surface area contributed by atoms with Crippen LogP contribution in [-0.2, 0) is 12.8 Å². The molecule has 0 saturated carbocycles. The Labute approximate surface area is 168 Å². The Morgan fingerprint density at radius 1 is 1.07 bits per heavy atom. The number of benzene rings is 1. The summed E-state index contributed by atoms with van der Waals surface area (Å²) in [7, 11) is 0. The zero-order valence-corrected chi connectivity index (χ0v) is 15.4. The molecule has 150 valence electrons. The van der Waals surface area contributed by atoms with E-state index in [1.165, 1.54) is 18.2 Å². The van der Waals surface area contributed by atoms with Crippen LogP contribution in [0.3, 0.4) is 0 Å². The third kappa shape index (κ3) is 3.68. The van der Waals surface area contributed by atoms with Crippen molar-refractivity contribution in [2.24, 2.45) is 0 Å². The van der Waals surface area contributed by atoms with Crippen LogP contribution in [0.15, 0.2) is 60.8 Å². The number of nitrogens with zero attached hydrogens (tertiary/aromatic N) is 4. The summed E-state index contributed by atoms with van der Waals surface area (Å²) < 4.78 is 40.0. The van der Waals surface area contributed by atoms with Gasteiger partial charge in [-0.15, -0.1) is 0 Å². The van der Waals surface area contributed by atoms with Crippen LogP contribution in [0.5, 0.6) is 0 Å². The zero-order valence-electron chi connectivity index (χ0n) is 15.4. The van der Waals surface area contributed by atoms with Gasteiger partial charge < -0.3 is 10.4 Å². The van der Waals surface area contributed by atoms with Crippen molar-refractivity contribution in [2.45, 2.75) is 12.8 Å². The van der Waals surface area contributed by atoms with E-state index in [-0.39, 0.29) is 12.4 Å². The first-order chi connectivity index (χ1) is 14.4. The maximum Gasteiger partial charge on any atom is 0.416 e. The molecular weight excluding hydrogens is 395 g/mol. The minimum atomic E-state index is -4.42. The fourth-order valence-corrected chi connectivity index (χ4v) is 3.10. The number of fused-ring (bicyclic) bond motifs is 1. The van der Waals surface area contributed by atoms with E-state index in [0.717, 1.165) is 12.1 Å². The van der Waals surface area contributed by atoms with Gasteiger partial charge in [-0.2, -0.15) is 18.4 Å². The zero-order chi connectivity index (χ0) is 21.3. The molecule has 0 atom stereocenters. The fraction of sp³-hybridized carbons (Fsp3) is 0.0952. The molecule has 6 nitrogen and oxygen atoms in total. The summed E-state index contributed by atoms with van der Waals surface area (Å²) in [6.07, 6.45) is -2.66. The quantitative estimate of drug-likeness (QED) is 0.518. The highest BCUT2D eigenvalue weighted by Gasteiger charge is 2.30. The smallest absolute Gasteiger partial charge is 0.390 e. The van der Waals surface area contributed by atoms with Crippen molar-refractivity contribution >= 4 is 17.2 Å². The number of rotatable bonds is 4. The number of anilines is 2. The van der Waals surface area contributed by atoms with E-state index in [1.54, 1.807) is 28.8 Å². The van der Waals surface area contributed by atoms with E-state index in [2.05, 4.69) is 15.3 Å². The lowest BCUT2D eigenvalue weighted by Gasteiger charge is -2.11. The Balaban J connectivity index is 1.76. The molecule has 3 aromatic heterocycles. The van der Waals surface area contributed by atoms with Crippen LogP contribution in [0.1, 0.15) is 16.8 Å². The predicted molar refractivity (Wildman–Crippen MR) is 104 cm³/mol. The SMILES string of the molecule is N#Cc1cc(Nc2ccc(C(F)(F)F)cc2)nc(-c2c(CO)nc3ccccn23)c1. The minimum absolute atomic E-state index is 0.276. The Morgan fingerprint density at radius 2 is 1.83 bits per heavy atom. The number of alkyl halides is 3. The maximum atomic E-state index is 12.8. The molecule has 0 aliphatic rings. The van der Waals surface area contributed by atoms with Crippen molar-refractivity contribution in [1.82, 2.24) is 14.4 Å². The normalized spacial score (nSPS) is 11.4. The molecule has 0 bridgehead atoms. The van der Waals surface area contributed by atoms with Crippen molar-refractivity contribution in [3.63, 3.8) is 0 Å². The fourth-order valence-electron chi connectivity index (χ4n) is 3.10. The molecule has 0 spiro atoms. The average molecular weight is 409 g/mol. The minimum Gasteiger partial charge on any atom is -0.390 e. The van der Waals surface area contributed by atoms with Crippen molar-refractivity contribution in [1.29, 1.82) is 5.26 Å². The first kappa shape index (κ1) is 19.4. The monoisotopic (exact) mass is 409 g/mol. The second-order valence-electron chi connectivity index (χ2n) is 6.43. The van der Waals surface area contributed by atoms with Crippen LogP contribution in [-0.4, -0.2) is 19.5 Å². The molecule has 0 amide bonds. The number of aliphatic hydroxyl groups excluding tert-OH is 1. The highest BCUT2D eigenvalue weighted by atomic mass is 19.4. The Morgan fingerprint density at radius 3 is 2.50 bits per heavy atom. The largest absolute Gasteiger partial charge is 0.416 e. The third-order valence-corrected chi connectivity index (χ3v) is 4.43. The summed E-state index contributed by atoms with van der Waals surface area (Å²) in [5, 5.41) is 22.1. The highest BCUT2D eigenvalue weighted by Crippen LogP contribution is 2.31. The second kappa shape index (κ2) is 7.50. The van der Waals surface area contributed by atoms with Gasteiger partial charge >= 0.3 is 6.18 Å². The van der Waals surface area contributed by atoms with Crippen molar-refractivity contribution in [3.05, 3.63) is 77.6 Å². The van der Waals surface area contributed by atoms with Crippen LogP contribution < -0.4 is 5.32 Å². The van der Waals surface area contributed by atoms with Crippen LogP contribution in [0, 0.1) is 11.3 Å². The second-order valence-corrected chi connectivity index (χ2v) is 6.43. The Kier molecular flexibility index (Phi) is 4.85. The number of nitrogens with one attached hydrogen (secondary N) is 1. The molecule has 0 aliphatic heterocycles. The maximum absolute atomic E-state index is 12.8. The highest BCUT2D eigenvalue weighted by molar-refractivity contribution is 5.69. The molecule has 0 fully saturated rings. The van der Waals surface area contributed by atoms with E-state index in [4.69, 9.17) is 0 Å². The standard InChI is InChI=1S/C21H14F3N5O/c22-21(23,24)14-4-6-15(7-5-14)26-18-10-13(11-25)9-16(27-18)20-17(12-30)28-19-3-1-2-8-29(19)20/h1-10,30H,12H2,(H,26,27). The molecule has 4 rings (SSSR count). The molecule has 30 heavy (non-hydrogen) atoms. The summed E-state index contributed by atoms with van der Waals surface area (Å²) in [5.74, 6) is 0.276. The number of aromatic nitrogens is 3. The molecule has 1 aromatic carbocycles. The van der Waals surface area contributed by atoms with Crippen molar-refractivity contribution < 1.29 is 18.3 Å². The molecule has 4 aromatic rings. The Bertz CT molecular complexity index is 1260. The van der Waals surface area contributed by atoms with Crippen molar-refractivity contribution in [2.75, 3.05) is 5.32 Å². The summed E-state index contributed by atoms with van der Waals surface area (Å²) in [5.41, 5.74) is 1.85. The first-order valence-corrected chi connectivity index (χ1v) is 8.82. The molecular formula is C21H14F3N5O. The number of nitriles is 1. The number of imidazole rings is 1. The Hall–Kier alpha value is -3.90. The van der Waals surface area contributed by atoms with Gasteiger partial charge in [0.15, 0.2) is 0 Å². The average Bonchev–Trinajstić information content (AvgIpc) is 3.12. The summed E-state index contributed by atoms with van der Waals surface area (Å²) in [4.78, 5) is 8.87. The first-order valence-electron chi connectivity index (χ1n) is 8.82. The predicted octanol–water partition coefficient (Wildman–Crippen LogP) is 4.52. The number of hydrogen-bond acceptors (Lipinski definition) is 5. The van der Waals surface area contributed by atoms with E-state index >= 15 is 0 Å². The number of hydrogen-bond donors (Lipinski definition) is 2. The van der Waals surface area contributed by atoms with E-state index < -0.39 is 11.7 Å². The van der Waals surface area contributed by atoms with Crippen molar-refractivity contribution in [3.8, 4) is 17.5 Å². The van der Waals surface area contributed by atoms with Crippen LogP contribution in [0.2, 0.25) is 0 Å². The van der Waals surface area contributed by atoms with Gasteiger partial charge in [-0.05, 0) is 48.5 Å². The van der Waals surface area contributed by atoms with Gasteiger partial charge in [-0.1, -0.05) is 6.07 Å². The van der Waals surface area contributed by atoms with Gasteiger partial charge in [0.05, 0.1) is 40.9 Å². The van der Waals surface area contributed by atoms with E-state index in [9.17, 15) is 23.5 Å². The lowest BCUT2D eigenvalue weighted by molar-refractivity contribution is -0.137. The van der Waals surface area contributed by atoms with Gasteiger partial charge in [0.2, 0.25) is 0 Å². The number of halogens is 3. The van der Waals surface area contributed by atoms with Gasteiger partial charge in [-0.25, -0.2) is 9.97 Å². The van der Waals surface area contributed by atoms with E-state index in [0.29, 0.717) is 34.0 Å².